The van der Waals surface area contributed by atoms with E-state index in [-0.39, 0.29) is 11.6 Å². The second-order valence-corrected chi connectivity index (χ2v) is 9.97. The minimum Gasteiger partial charge on any atom is -0.375 e. The molecule has 1 aliphatic heterocycles. The standard InChI is InChI=1S/C27H27ClN10O/c1-16(25-29-8-4-9-30-25)33-21-12-24(39)36(2)23-6-5-18(11-19(21)23)34-26-20(28)14-31-27(35-26)38-10-7-22-17(15-38)13-32-37(22)3/h4-6,8-9,11-14,16,33H,7,10,15H2,1-3H3,(H,31,34,35)/t16-/m1/s1. The zero-order chi connectivity index (χ0) is 27.1. The van der Waals surface area contributed by atoms with Crippen molar-refractivity contribution >= 4 is 45.6 Å². The first-order valence-corrected chi connectivity index (χ1v) is 13.0. The molecule has 2 N–H and O–H groups in total. The number of halogens is 1. The maximum Gasteiger partial charge on any atom is 0.252 e. The predicted octanol–water partition coefficient (Wildman–Crippen LogP) is 3.98. The van der Waals surface area contributed by atoms with Crippen molar-refractivity contribution in [1.82, 2.24) is 34.3 Å². The summed E-state index contributed by atoms with van der Waals surface area (Å²) in [6.45, 7) is 3.43. The maximum atomic E-state index is 12.7. The van der Waals surface area contributed by atoms with Crippen LogP contribution in [0.15, 0.2) is 59.9 Å². The summed E-state index contributed by atoms with van der Waals surface area (Å²) in [5.41, 5.74) is 4.54. The number of hydrogen-bond acceptors (Lipinski definition) is 9. The summed E-state index contributed by atoms with van der Waals surface area (Å²) in [7, 11) is 3.72. The van der Waals surface area contributed by atoms with E-state index in [0.29, 0.717) is 34.8 Å². The number of rotatable bonds is 6. The van der Waals surface area contributed by atoms with E-state index >= 15 is 0 Å². The molecule has 6 rings (SSSR count). The Morgan fingerprint density at radius 2 is 1.90 bits per heavy atom. The van der Waals surface area contributed by atoms with Gasteiger partial charge in [-0.2, -0.15) is 10.1 Å². The highest BCUT2D eigenvalue weighted by atomic mass is 35.5. The molecule has 4 aromatic heterocycles. The van der Waals surface area contributed by atoms with Crippen LogP contribution in [-0.4, -0.2) is 40.8 Å². The Balaban J connectivity index is 1.31. The molecule has 11 nitrogen and oxygen atoms in total. The normalized spacial score (nSPS) is 13.8. The highest BCUT2D eigenvalue weighted by molar-refractivity contribution is 6.32. The van der Waals surface area contributed by atoms with Gasteiger partial charge in [0, 0.05) is 80.1 Å². The van der Waals surface area contributed by atoms with Gasteiger partial charge in [0.05, 0.1) is 24.0 Å². The zero-order valence-electron chi connectivity index (χ0n) is 21.8. The molecule has 0 amide bonds. The van der Waals surface area contributed by atoms with E-state index in [1.165, 1.54) is 11.3 Å². The number of pyridine rings is 1. The summed E-state index contributed by atoms with van der Waals surface area (Å²) in [5, 5.41) is 12.4. The third kappa shape index (κ3) is 4.76. The molecule has 0 saturated carbocycles. The van der Waals surface area contributed by atoms with E-state index < -0.39 is 0 Å². The molecular formula is C27H27ClN10O. The minimum atomic E-state index is -0.207. The van der Waals surface area contributed by atoms with Crippen LogP contribution in [0.1, 0.15) is 30.0 Å². The number of aromatic nitrogens is 7. The molecule has 1 aromatic carbocycles. The van der Waals surface area contributed by atoms with Gasteiger partial charge < -0.3 is 20.1 Å². The second-order valence-electron chi connectivity index (χ2n) is 9.56. The lowest BCUT2D eigenvalue weighted by Gasteiger charge is -2.27. The molecule has 1 aliphatic rings. The fourth-order valence-corrected chi connectivity index (χ4v) is 5.02. The smallest absolute Gasteiger partial charge is 0.252 e. The average molecular weight is 543 g/mol. The topological polar surface area (TPSA) is 119 Å². The molecule has 39 heavy (non-hydrogen) atoms. The largest absolute Gasteiger partial charge is 0.375 e. The number of aryl methyl sites for hydroxylation is 2. The van der Waals surface area contributed by atoms with E-state index in [2.05, 4.69) is 35.6 Å². The summed E-state index contributed by atoms with van der Waals surface area (Å²) in [5.74, 6) is 1.74. The maximum absolute atomic E-state index is 12.7. The summed E-state index contributed by atoms with van der Waals surface area (Å²) < 4.78 is 3.54. The van der Waals surface area contributed by atoms with Crippen molar-refractivity contribution in [3.8, 4) is 0 Å². The first-order valence-electron chi connectivity index (χ1n) is 12.6. The quantitative estimate of drug-likeness (QED) is 0.328. The highest BCUT2D eigenvalue weighted by Gasteiger charge is 2.22. The van der Waals surface area contributed by atoms with Gasteiger partial charge in [-0.05, 0) is 31.2 Å². The van der Waals surface area contributed by atoms with Gasteiger partial charge in [0.25, 0.3) is 5.56 Å². The van der Waals surface area contributed by atoms with Gasteiger partial charge >= 0.3 is 0 Å². The van der Waals surface area contributed by atoms with Crippen LogP contribution in [0, 0.1) is 0 Å². The molecule has 5 heterocycles. The molecular weight excluding hydrogens is 516 g/mol. The number of fused-ring (bicyclic) bond motifs is 2. The van der Waals surface area contributed by atoms with Crippen LogP contribution < -0.4 is 21.1 Å². The third-order valence-electron chi connectivity index (χ3n) is 7.00. The Labute approximate surface area is 229 Å². The van der Waals surface area contributed by atoms with E-state index in [9.17, 15) is 4.79 Å². The highest BCUT2D eigenvalue weighted by Crippen LogP contribution is 2.31. The molecule has 0 saturated heterocycles. The monoisotopic (exact) mass is 542 g/mol. The SMILES string of the molecule is C[C@@H](Nc1cc(=O)n(C)c2ccc(Nc3nc(N4CCc5c(cnn5C)C4)ncc3Cl)cc12)c1ncccn1. The Bertz CT molecular complexity index is 1730. The Hall–Kier alpha value is -4.51. The Kier molecular flexibility index (Phi) is 6.35. The van der Waals surface area contributed by atoms with Crippen molar-refractivity contribution in [2.45, 2.75) is 25.9 Å². The van der Waals surface area contributed by atoms with E-state index in [4.69, 9.17) is 16.6 Å². The summed E-state index contributed by atoms with van der Waals surface area (Å²) in [4.78, 5) is 32.7. The van der Waals surface area contributed by atoms with E-state index in [1.807, 2.05) is 43.0 Å². The van der Waals surface area contributed by atoms with Gasteiger partial charge in [0.2, 0.25) is 5.95 Å². The summed E-state index contributed by atoms with van der Waals surface area (Å²) in [6.07, 6.45) is 7.78. The van der Waals surface area contributed by atoms with Crippen LogP contribution in [0.25, 0.3) is 10.9 Å². The average Bonchev–Trinajstić information content (AvgIpc) is 3.33. The fourth-order valence-electron chi connectivity index (χ4n) is 4.88. The minimum absolute atomic E-state index is 0.117. The molecule has 0 radical (unpaired) electrons. The third-order valence-corrected chi connectivity index (χ3v) is 7.27. The van der Waals surface area contributed by atoms with Gasteiger partial charge in [0.1, 0.15) is 10.8 Å². The van der Waals surface area contributed by atoms with Crippen LogP contribution in [0.4, 0.5) is 23.1 Å². The number of anilines is 4. The molecule has 0 bridgehead atoms. The summed E-state index contributed by atoms with van der Waals surface area (Å²) in [6, 6.07) is 8.92. The van der Waals surface area contributed by atoms with Crippen LogP contribution in [-0.2, 0) is 27.1 Å². The first kappa shape index (κ1) is 24.8. The molecule has 1 atom stereocenters. The van der Waals surface area contributed by atoms with Crippen LogP contribution >= 0.6 is 11.6 Å². The molecule has 12 heteroatoms. The van der Waals surface area contributed by atoms with Crippen LogP contribution in [0.5, 0.6) is 0 Å². The summed E-state index contributed by atoms with van der Waals surface area (Å²) >= 11 is 6.51. The van der Waals surface area contributed by atoms with Crippen molar-refractivity contribution in [3.63, 3.8) is 0 Å². The molecule has 0 aliphatic carbocycles. The van der Waals surface area contributed by atoms with Gasteiger partial charge in [-0.15, -0.1) is 0 Å². The predicted molar refractivity (Wildman–Crippen MR) is 152 cm³/mol. The lowest BCUT2D eigenvalue weighted by atomic mass is 10.1. The second kappa shape index (κ2) is 9.99. The van der Waals surface area contributed by atoms with Crippen molar-refractivity contribution in [2.24, 2.45) is 14.1 Å². The van der Waals surface area contributed by atoms with Crippen LogP contribution in [0.2, 0.25) is 5.02 Å². The van der Waals surface area contributed by atoms with E-state index in [0.717, 1.165) is 29.6 Å². The van der Waals surface area contributed by atoms with E-state index in [1.54, 1.807) is 42.3 Å². The number of benzene rings is 1. The van der Waals surface area contributed by atoms with Crippen molar-refractivity contribution in [3.05, 3.63) is 87.6 Å². The Morgan fingerprint density at radius 3 is 2.72 bits per heavy atom. The molecule has 0 spiro atoms. The molecule has 0 unspecified atom stereocenters. The van der Waals surface area contributed by atoms with Gasteiger partial charge in [-0.25, -0.2) is 15.0 Å². The van der Waals surface area contributed by atoms with Gasteiger partial charge in [0.15, 0.2) is 5.82 Å². The van der Waals surface area contributed by atoms with Crippen LogP contribution in [0.3, 0.4) is 0 Å². The fraction of sp³-hybridized carbons (Fsp3) is 0.259. The van der Waals surface area contributed by atoms with Crippen molar-refractivity contribution in [1.29, 1.82) is 0 Å². The van der Waals surface area contributed by atoms with Gasteiger partial charge in [-0.3, -0.25) is 9.48 Å². The molecule has 5 aromatic rings. The lowest BCUT2D eigenvalue weighted by molar-refractivity contribution is 0.647. The van der Waals surface area contributed by atoms with Crippen molar-refractivity contribution < 1.29 is 0 Å². The lowest BCUT2D eigenvalue weighted by Crippen LogP contribution is -2.32. The first-order chi connectivity index (χ1) is 18.9. The Morgan fingerprint density at radius 1 is 1.08 bits per heavy atom. The molecule has 0 fully saturated rings. The van der Waals surface area contributed by atoms with Crippen molar-refractivity contribution in [2.75, 3.05) is 22.1 Å². The number of nitrogens with zero attached hydrogens (tertiary/aromatic N) is 8. The zero-order valence-corrected chi connectivity index (χ0v) is 22.5. The number of hydrogen-bond donors (Lipinski definition) is 2. The van der Waals surface area contributed by atoms with Gasteiger partial charge in [-0.1, -0.05) is 11.6 Å². The molecule has 198 valence electrons. The number of nitrogens with one attached hydrogen (secondary N) is 2.